The third-order valence-electron chi connectivity index (χ3n) is 4.68. The van der Waals surface area contributed by atoms with E-state index in [1.54, 1.807) is 31.2 Å². The fourth-order valence-corrected chi connectivity index (χ4v) is 3.04. The van der Waals surface area contributed by atoms with Crippen molar-refractivity contribution >= 4 is 29.4 Å². The number of amides is 2. The fourth-order valence-electron chi connectivity index (χ4n) is 3.04. The number of hydrogen-bond acceptors (Lipinski definition) is 7. The van der Waals surface area contributed by atoms with E-state index in [9.17, 15) is 14.4 Å². The van der Waals surface area contributed by atoms with Crippen molar-refractivity contribution in [2.24, 2.45) is 4.99 Å². The Morgan fingerprint density at radius 3 is 2.54 bits per heavy atom. The molecular weight excluding hydrogens is 362 g/mol. The molecule has 1 aromatic carbocycles. The number of aliphatic imine (C=N–C) groups is 1. The summed E-state index contributed by atoms with van der Waals surface area (Å²) in [5.74, 6) is -0.528. The topological polar surface area (TPSA) is 103 Å². The van der Waals surface area contributed by atoms with Gasteiger partial charge in [-0.3, -0.25) is 14.9 Å². The predicted octanol–water partition coefficient (Wildman–Crippen LogP) is 0.294. The van der Waals surface area contributed by atoms with Crippen LogP contribution in [-0.2, 0) is 14.3 Å². The van der Waals surface area contributed by atoms with Gasteiger partial charge in [0.1, 0.15) is 6.04 Å². The number of piperazine rings is 1. The lowest BCUT2D eigenvalue weighted by atomic mass is 10.1. The monoisotopic (exact) mass is 387 g/mol. The Bertz CT molecular complexity index is 769. The smallest absolute Gasteiger partial charge is 0.338 e. The molecule has 1 fully saturated rings. The first-order valence-corrected chi connectivity index (χ1v) is 9.35. The molecule has 0 saturated carbocycles. The van der Waals surface area contributed by atoms with Crippen molar-refractivity contribution in [1.29, 1.82) is 0 Å². The molecule has 0 bridgehead atoms. The van der Waals surface area contributed by atoms with Crippen molar-refractivity contribution < 1.29 is 19.1 Å². The Kier molecular flexibility index (Phi) is 6.25. The highest BCUT2D eigenvalue weighted by Crippen LogP contribution is 2.14. The van der Waals surface area contributed by atoms with Crippen molar-refractivity contribution in [1.82, 2.24) is 15.1 Å². The summed E-state index contributed by atoms with van der Waals surface area (Å²) >= 11 is 0. The molecule has 150 valence electrons. The molecule has 3 rings (SSSR count). The van der Waals surface area contributed by atoms with Crippen molar-refractivity contribution in [3.8, 4) is 0 Å². The summed E-state index contributed by atoms with van der Waals surface area (Å²) in [6.07, 6.45) is 0.00395. The predicted molar refractivity (Wildman–Crippen MR) is 104 cm³/mol. The van der Waals surface area contributed by atoms with Crippen LogP contribution in [0.2, 0.25) is 0 Å². The molecule has 2 aliphatic rings. The number of nitrogens with zero attached hydrogens (tertiary/aromatic N) is 3. The van der Waals surface area contributed by atoms with Crippen LogP contribution in [0.4, 0.5) is 5.69 Å². The Balaban J connectivity index is 1.65. The maximum Gasteiger partial charge on any atom is 0.338 e. The zero-order chi connectivity index (χ0) is 20.1. The van der Waals surface area contributed by atoms with E-state index in [4.69, 9.17) is 4.74 Å². The van der Waals surface area contributed by atoms with Gasteiger partial charge in [0.2, 0.25) is 17.8 Å². The van der Waals surface area contributed by atoms with Crippen LogP contribution >= 0.6 is 0 Å². The number of carbonyl (C=O) groups excluding carboxylic acids is 3. The lowest BCUT2D eigenvalue weighted by molar-refractivity contribution is -0.125. The fraction of sp³-hybridized carbons (Fsp3) is 0.474. The highest BCUT2D eigenvalue weighted by atomic mass is 16.5. The number of guanidine groups is 1. The van der Waals surface area contributed by atoms with Crippen LogP contribution < -0.4 is 10.6 Å². The molecule has 9 nitrogen and oxygen atoms in total. The molecule has 2 aliphatic heterocycles. The van der Waals surface area contributed by atoms with Crippen LogP contribution in [0.25, 0.3) is 0 Å². The van der Waals surface area contributed by atoms with E-state index in [1.165, 1.54) is 0 Å². The standard InChI is InChI=1S/C19H25N5O4/c1-3-28-18(27)13-4-6-14(7-5-13)20-17(26)15-12-16(25)22-19(21-15)24-10-8-23(2)9-11-24/h4-7,15H,3,8-12H2,1-2H3,(H,20,26)(H,21,22,25). The molecule has 1 saturated heterocycles. The molecule has 0 aliphatic carbocycles. The molecule has 0 radical (unpaired) electrons. The van der Waals surface area contributed by atoms with Gasteiger partial charge in [-0.1, -0.05) is 0 Å². The third-order valence-corrected chi connectivity index (χ3v) is 4.68. The van der Waals surface area contributed by atoms with Crippen LogP contribution in [-0.4, -0.2) is 79.4 Å². The van der Waals surface area contributed by atoms with Gasteiger partial charge in [0.05, 0.1) is 18.6 Å². The molecule has 28 heavy (non-hydrogen) atoms. The van der Waals surface area contributed by atoms with Gasteiger partial charge in [-0.25, -0.2) is 9.79 Å². The van der Waals surface area contributed by atoms with E-state index in [2.05, 4.69) is 20.5 Å². The molecule has 1 unspecified atom stereocenters. The number of ether oxygens (including phenoxy) is 1. The van der Waals surface area contributed by atoms with Gasteiger partial charge in [0.25, 0.3) is 0 Å². The minimum absolute atomic E-state index is 0.00395. The molecule has 9 heteroatoms. The average Bonchev–Trinajstić information content (AvgIpc) is 2.69. The molecule has 2 N–H and O–H groups in total. The maximum absolute atomic E-state index is 12.6. The van der Waals surface area contributed by atoms with Gasteiger partial charge in [0, 0.05) is 31.9 Å². The summed E-state index contributed by atoms with van der Waals surface area (Å²) in [6, 6.07) is 5.63. The van der Waals surface area contributed by atoms with Crippen molar-refractivity contribution in [3.05, 3.63) is 29.8 Å². The Hall–Kier alpha value is -2.94. The van der Waals surface area contributed by atoms with Crippen molar-refractivity contribution in [2.45, 2.75) is 19.4 Å². The second kappa shape index (κ2) is 8.83. The first kappa shape index (κ1) is 19.8. The van der Waals surface area contributed by atoms with Crippen LogP contribution in [0.15, 0.2) is 29.3 Å². The highest BCUT2D eigenvalue weighted by molar-refractivity contribution is 6.06. The Labute approximate surface area is 163 Å². The van der Waals surface area contributed by atoms with Crippen LogP contribution in [0.3, 0.4) is 0 Å². The maximum atomic E-state index is 12.6. The van der Waals surface area contributed by atoms with Crippen molar-refractivity contribution in [3.63, 3.8) is 0 Å². The molecule has 0 aromatic heterocycles. The Morgan fingerprint density at radius 2 is 1.89 bits per heavy atom. The minimum atomic E-state index is -0.784. The molecule has 0 spiro atoms. The summed E-state index contributed by atoms with van der Waals surface area (Å²) in [5.41, 5.74) is 0.938. The number of likely N-dealkylation sites (N-methyl/N-ethyl adjacent to an activating group) is 1. The van der Waals surface area contributed by atoms with Crippen LogP contribution in [0.5, 0.6) is 0 Å². The zero-order valence-electron chi connectivity index (χ0n) is 16.1. The molecule has 2 amide bonds. The number of benzene rings is 1. The summed E-state index contributed by atoms with van der Waals surface area (Å²) in [7, 11) is 2.04. The third kappa shape index (κ3) is 4.86. The van der Waals surface area contributed by atoms with E-state index in [-0.39, 0.29) is 18.2 Å². The number of carbonyl (C=O) groups is 3. The average molecular weight is 387 g/mol. The van der Waals surface area contributed by atoms with E-state index in [1.807, 2.05) is 11.9 Å². The van der Waals surface area contributed by atoms with Gasteiger partial charge >= 0.3 is 5.97 Å². The van der Waals surface area contributed by atoms with Gasteiger partial charge in [-0.15, -0.1) is 0 Å². The number of anilines is 1. The summed E-state index contributed by atoms with van der Waals surface area (Å²) in [4.78, 5) is 45.0. The normalized spacial score (nSPS) is 20.2. The summed E-state index contributed by atoms with van der Waals surface area (Å²) in [5, 5.41) is 5.52. The summed E-state index contributed by atoms with van der Waals surface area (Å²) in [6.45, 7) is 5.29. The second-order valence-electron chi connectivity index (χ2n) is 6.80. The first-order valence-electron chi connectivity index (χ1n) is 9.35. The lowest BCUT2D eigenvalue weighted by Crippen LogP contribution is -2.55. The SMILES string of the molecule is CCOC(=O)c1ccc(NC(=O)C2CC(=O)NC(N3CCN(C)CC3)=N2)cc1. The molecular formula is C19H25N5O4. The Morgan fingerprint density at radius 1 is 1.21 bits per heavy atom. The molecule has 2 heterocycles. The second-order valence-corrected chi connectivity index (χ2v) is 6.80. The van der Waals surface area contributed by atoms with E-state index < -0.39 is 12.0 Å². The van der Waals surface area contributed by atoms with E-state index in [0.29, 0.717) is 23.8 Å². The molecule has 1 atom stereocenters. The zero-order valence-corrected chi connectivity index (χ0v) is 16.1. The van der Waals surface area contributed by atoms with E-state index in [0.717, 1.165) is 26.2 Å². The quantitative estimate of drug-likeness (QED) is 0.720. The van der Waals surface area contributed by atoms with Gasteiger partial charge < -0.3 is 19.9 Å². The van der Waals surface area contributed by atoms with Gasteiger partial charge in [0.15, 0.2) is 0 Å². The number of nitrogens with one attached hydrogen (secondary N) is 2. The summed E-state index contributed by atoms with van der Waals surface area (Å²) < 4.78 is 4.94. The minimum Gasteiger partial charge on any atom is -0.462 e. The first-order chi connectivity index (χ1) is 13.5. The number of rotatable bonds is 4. The van der Waals surface area contributed by atoms with E-state index >= 15 is 0 Å². The number of esters is 1. The van der Waals surface area contributed by atoms with Gasteiger partial charge in [-0.2, -0.15) is 0 Å². The lowest BCUT2D eigenvalue weighted by Gasteiger charge is -2.36. The van der Waals surface area contributed by atoms with Crippen LogP contribution in [0.1, 0.15) is 23.7 Å². The highest BCUT2D eigenvalue weighted by Gasteiger charge is 2.30. The van der Waals surface area contributed by atoms with Gasteiger partial charge in [-0.05, 0) is 38.2 Å². The van der Waals surface area contributed by atoms with Crippen LogP contribution in [0, 0.1) is 0 Å². The molecule has 1 aromatic rings. The largest absolute Gasteiger partial charge is 0.462 e. The van der Waals surface area contributed by atoms with Crippen molar-refractivity contribution in [2.75, 3.05) is 45.2 Å². The number of hydrogen-bond donors (Lipinski definition) is 2.